The lowest BCUT2D eigenvalue weighted by atomic mass is 9.92. The maximum absolute atomic E-state index is 12.7. The summed E-state index contributed by atoms with van der Waals surface area (Å²) in [4.78, 5) is 14.9. The highest BCUT2D eigenvalue weighted by atomic mass is 16.3. The van der Waals surface area contributed by atoms with Gasteiger partial charge in [-0.3, -0.25) is 4.79 Å². The SMILES string of the molecule is O=C(CC1CCCCCC1)N1CCCC1C1CCCC1O. The van der Waals surface area contributed by atoms with E-state index in [2.05, 4.69) is 4.90 Å². The summed E-state index contributed by atoms with van der Waals surface area (Å²) in [7, 11) is 0. The summed E-state index contributed by atoms with van der Waals surface area (Å²) in [5.74, 6) is 1.35. The maximum Gasteiger partial charge on any atom is 0.223 e. The van der Waals surface area contributed by atoms with Crippen molar-refractivity contribution in [2.75, 3.05) is 6.54 Å². The number of carbonyl (C=O) groups is 1. The first-order valence-corrected chi connectivity index (χ1v) is 9.23. The van der Waals surface area contributed by atoms with E-state index in [0.29, 0.717) is 23.8 Å². The van der Waals surface area contributed by atoms with Crippen molar-refractivity contribution in [3.05, 3.63) is 0 Å². The lowest BCUT2D eigenvalue weighted by molar-refractivity contribution is -0.134. The number of nitrogens with zero attached hydrogens (tertiary/aromatic N) is 1. The average Bonchev–Trinajstić information content (AvgIpc) is 3.03. The average molecular weight is 293 g/mol. The number of amides is 1. The van der Waals surface area contributed by atoms with Crippen LogP contribution in [-0.4, -0.2) is 34.6 Å². The molecule has 2 saturated carbocycles. The number of rotatable bonds is 3. The number of hydrogen-bond acceptors (Lipinski definition) is 2. The van der Waals surface area contributed by atoms with Gasteiger partial charge in [0.05, 0.1) is 6.10 Å². The molecule has 3 nitrogen and oxygen atoms in total. The summed E-state index contributed by atoms with van der Waals surface area (Å²) in [5, 5.41) is 10.2. The molecule has 1 N–H and O–H groups in total. The molecule has 21 heavy (non-hydrogen) atoms. The smallest absolute Gasteiger partial charge is 0.223 e. The molecule has 0 radical (unpaired) electrons. The van der Waals surface area contributed by atoms with E-state index in [1.807, 2.05) is 0 Å². The Morgan fingerprint density at radius 1 is 0.905 bits per heavy atom. The molecule has 2 aliphatic carbocycles. The molecular weight excluding hydrogens is 262 g/mol. The molecule has 3 rings (SSSR count). The first-order valence-electron chi connectivity index (χ1n) is 9.23. The molecule has 3 heteroatoms. The third-order valence-corrected chi connectivity index (χ3v) is 6.08. The van der Waals surface area contributed by atoms with Crippen molar-refractivity contribution in [3.8, 4) is 0 Å². The van der Waals surface area contributed by atoms with Gasteiger partial charge in [-0.2, -0.15) is 0 Å². The number of aliphatic hydroxyl groups is 1. The predicted octanol–water partition coefficient (Wildman–Crippen LogP) is 3.50. The minimum absolute atomic E-state index is 0.165. The fourth-order valence-electron chi connectivity index (χ4n) is 4.90. The monoisotopic (exact) mass is 293 g/mol. The van der Waals surface area contributed by atoms with Crippen LogP contribution in [0.15, 0.2) is 0 Å². The zero-order chi connectivity index (χ0) is 14.7. The van der Waals surface area contributed by atoms with Gasteiger partial charge in [-0.1, -0.05) is 32.1 Å². The summed E-state index contributed by atoms with van der Waals surface area (Å²) in [6, 6.07) is 0.334. The van der Waals surface area contributed by atoms with Crippen molar-refractivity contribution in [1.82, 2.24) is 4.90 Å². The second-order valence-electron chi connectivity index (χ2n) is 7.52. The van der Waals surface area contributed by atoms with Crippen LogP contribution in [0.2, 0.25) is 0 Å². The Morgan fingerprint density at radius 2 is 1.67 bits per heavy atom. The molecule has 3 fully saturated rings. The molecule has 0 aromatic rings. The third-order valence-electron chi connectivity index (χ3n) is 6.08. The van der Waals surface area contributed by atoms with Crippen molar-refractivity contribution in [2.24, 2.45) is 11.8 Å². The van der Waals surface area contributed by atoms with E-state index in [9.17, 15) is 9.90 Å². The van der Waals surface area contributed by atoms with Gasteiger partial charge < -0.3 is 10.0 Å². The predicted molar refractivity (Wildman–Crippen MR) is 83.9 cm³/mol. The fourth-order valence-corrected chi connectivity index (χ4v) is 4.90. The Labute approximate surface area is 129 Å². The molecule has 3 atom stereocenters. The second-order valence-corrected chi connectivity index (χ2v) is 7.52. The molecule has 0 bridgehead atoms. The number of aliphatic hydroxyl groups excluding tert-OH is 1. The van der Waals surface area contributed by atoms with Crippen molar-refractivity contribution < 1.29 is 9.90 Å². The molecule has 1 amide bonds. The van der Waals surface area contributed by atoms with Gasteiger partial charge >= 0.3 is 0 Å². The summed E-state index contributed by atoms with van der Waals surface area (Å²) >= 11 is 0. The Hall–Kier alpha value is -0.570. The Bertz CT molecular complexity index is 349. The second kappa shape index (κ2) is 7.13. The molecule has 3 unspecified atom stereocenters. The topological polar surface area (TPSA) is 40.5 Å². The first-order chi connectivity index (χ1) is 10.3. The number of hydrogen-bond donors (Lipinski definition) is 1. The highest BCUT2D eigenvalue weighted by molar-refractivity contribution is 5.77. The summed E-state index contributed by atoms with van der Waals surface area (Å²) in [5.41, 5.74) is 0. The van der Waals surface area contributed by atoms with Crippen molar-refractivity contribution >= 4 is 5.91 Å². The van der Waals surface area contributed by atoms with Crippen LogP contribution in [0.4, 0.5) is 0 Å². The molecule has 0 aromatic carbocycles. The van der Waals surface area contributed by atoms with Crippen molar-refractivity contribution in [3.63, 3.8) is 0 Å². The van der Waals surface area contributed by atoms with E-state index < -0.39 is 0 Å². The minimum atomic E-state index is -0.165. The summed E-state index contributed by atoms with van der Waals surface area (Å²) < 4.78 is 0. The van der Waals surface area contributed by atoms with Crippen molar-refractivity contribution in [1.29, 1.82) is 0 Å². The van der Waals surface area contributed by atoms with Gasteiger partial charge in [-0.25, -0.2) is 0 Å². The minimum Gasteiger partial charge on any atom is -0.393 e. The molecule has 1 aliphatic heterocycles. The fraction of sp³-hybridized carbons (Fsp3) is 0.944. The highest BCUT2D eigenvalue weighted by Gasteiger charge is 2.40. The van der Waals surface area contributed by atoms with E-state index in [1.54, 1.807) is 0 Å². The van der Waals surface area contributed by atoms with Gasteiger partial charge in [0.2, 0.25) is 5.91 Å². The Kier molecular flexibility index (Phi) is 5.20. The molecule has 0 spiro atoms. The molecule has 120 valence electrons. The quantitative estimate of drug-likeness (QED) is 0.809. The Morgan fingerprint density at radius 3 is 2.33 bits per heavy atom. The van der Waals surface area contributed by atoms with E-state index in [1.165, 1.54) is 38.5 Å². The zero-order valence-electron chi connectivity index (χ0n) is 13.3. The van der Waals surface area contributed by atoms with Crippen LogP contribution in [0.1, 0.15) is 77.0 Å². The molecular formula is C18H31NO2. The van der Waals surface area contributed by atoms with Crippen LogP contribution in [0.3, 0.4) is 0 Å². The largest absolute Gasteiger partial charge is 0.393 e. The van der Waals surface area contributed by atoms with Gasteiger partial charge in [0, 0.05) is 24.9 Å². The van der Waals surface area contributed by atoms with E-state index in [0.717, 1.165) is 45.1 Å². The first kappa shape index (κ1) is 15.3. The van der Waals surface area contributed by atoms with E-state index >= 15 is 0 Å². The van der Waals surface area contributed by atoms with Gasteiger partial charge in [-0.15, -0.1) is 0 Å². The van der Waals surface area contributed by atoms with Crippen molar-refractivity contribution in [2.45, 2.75) is 89.2 Å². The number of carbonyl (C=O) groups excluding carboxylic acids is 1. The lowest BCUT2D eigenvalue weighted by Crippen LogP contribution is -2.43. The van der Waals surface area contributed by atoms with Crippen LogP contribution in [0, 0.1) is 11.8 Å². The lowest BCUT2D eigenvalue weighted by Gasteiger charge is -2.32. The van der Waals surface area contributed by atoms with Gasteiger partial charge in [-0.05, 0) is 44.4 Å². The zero-order valence-corrected chi connectivity index (χ0v) is 13.3. The molecule has 0 aromatic heterocycles. The molecule has 1 saturated heterocycles. The highest BCUT2D eigenvalue weighted by Crippen LogP contribution is 2.36. The van der Waals surface area contributed by atoms with Crippen LogP contribution >= 0.6 is 0 Å². The third kappa shape index (κ3) is 3.61. The van der Waals surface area contributed by atoms with Crippen LogP contribution in [-0.2, 0) is 4.79 Å². The van der Waals surface area contributed by atoms with Gasteiger partial charge in [0.1, 0.15) is 0 Å². The van der Waals surface area contributed by atoms with Crippen LogP contribution in [0.25, 0.3) is 0 Å². The Balaban J connectivity index is 1.57. The summed E-state index contributed by atoms with van der Waals surface area (Å²) in [6.45, 7) is 0.930. The van der Waals surface area contributed by atoms with Crippen LogP contribution < -0.4 is 0 Å². The van der Waals surface area contributed by atoms with Gasteiger partial charge in [0.25, 0.3) is 0 Å². The molecule has 3 aliphatic rings. The normalized spacial score (nSPS) is 35.1. The number of likely N-dealkylation sites (tertiary alicyclic amines) is 1. The molecule has 1 heterocycles. The summed E-state index contributed by atoms with van der Waals surface area (Å²) in [6.07, 6.45) is 13.8. The van der Waals surface area contributed by atoms with E-state index in [-0.39, 0.29) is 6.10 Å². The standard InChI is InChI=1S/C18H31NO2/c20-17-11-5-9-15(17)16-10-6-12-19(16)18(21)13-14-7-3-1-2-4-8-14/h14-17,20H,1-13H2. The van der Waals surface area contributed by atoms with E-state index in [4.69, 9.17) is 0 Å². The maximum atomic E-state index is 12.7. The van der Waals surface area contributed by atoms with Crippen LogP contribution in [0.5, 0.6) is 0 Å². The van der Waals surface area contributed by atoms with Gasteiger partial charge in [0.15, 0.2) is 0 Å².